The highest BCUT2D eigenvalue weighted by Gasteiger charge is 2.07. The summed E-state index contributed by atoms with van der Waals surface area (Å²) in [5.41, 5.74) is 1.81. The van der Waals surface area contributed by atoms with Crippen LogP contribution in [-0.4, -0.2) is 0 Å². The minimum atomic E-state index is 0.718. The summed E-state index contributed by atoms with van der Waals surface area (Å²) in [5, 5.41) is 1.44. The van der Waals surface area contributed by atoms with Crippen molar-refractivity contribution in [1.29, 1.82) is 0 Å². The summed E-state index contributed by atoms with van der Waals surface area (Å²) >= 11 is 11.8. The van der Waals surface area contributed by atoms with E-state index in [2.05, 4.69) is 0 Å². The second-order valence-electron chi connectivity index (χ2n) is 4.78. The van der Waals surface area contributed by atoms with Crippen LogP contribution in [0, 0.1) is 0 Å². The lowest BCUT2D eigenvalue weighted by molar-refractivity contribution is 1.43. The lowest BCUT2D eigenvalue weighted by Crippen LogP contribution is -1.92. The van der Waals surface area contributed by atoms with Crippen molar-refractivity contribution in [2.45, 2.75) is 0 Å². The molecule has 4 aromatic rings. The lowest BCUT2D eigenvalue weighted by atomic mass is 10.3. The van der Waals surface area contributed by atoms with Crippen molar-refractivity contribution in [2.24, 2.45) is 9.98 Å². The second kappa shape index (κ2) is 7.07. The van der Waals surface area contributed by atoms with Gasteiger partial charge in [-0.25, -0.2) is 9.98 Å². The van der Waals surface area contributed by atoms with Crippen LogP contribution in [0.25, 0.3) is 9.40 Å². The van der Waals surface area contributed by atoms with E-state index in [9.17, 15) is 0 Å². The fourth-order valence-corrected chi connectivity index (χ4v) is 8.28. The van der Waals surface area contributed by atoms with Crippen LogP contribution in [0.15, 0.2) is 58.5 Å². The molecule has 0 saturated carbocycles. The van der Waals surface area contributed by atoms with Crippen LogP contribution in [0.1, 0.15) is 0 Å². The van der Waals surface area contributed by atoms with Crippen molar-refractivity contribution in [3.63, 3.8) is 0 Å². The molecule has 4 rings (SSSR count). The normalized spacial score (nSPS) is 13.1. The number of rotatable bonds is 2. The minimum Gasteiger partial charge on any atom is -0.236 e. The molecule has 0 radical (unpaired) electrons. The van der Waals surface area contributed by atoms with Crippen LogP contribution in [0.5, 0.6) is 0 Å². The van der Waals surface area contributed by atoms with Gasteiger partial charge < -0.3 is 0 Å². The summed E-state index contributed by atoms with van der Waals surface area (Å²) in [7, 11) is 6.78. The van der Waals surface area contributed by atoms with Crippen molar-refractivity contribution in [3.05, 3.63) is 67.9 Å². The first-order valence-electron chi connectivity index (χ1n) is 6.81. The highest BCUT2D eigenvalue weighted by atomic mass is 35.5. The fourth-order valence-electron chi connectivity index (χ4n) is 1.98. The van der Waals surface area contributed by atoms with E-state index in [1.807, 2.05) is 48.5 Å². The minimum absolute atomic E-state index is 0.718. The first-order chi connectivity index (χ1) is 11.7. The van der Waals surface area contributed by atoms with E-state index < -0.39 is 0 Å². The number of benzene rings is 2. The summed E-state index contributed by atoms with van der Waals surface area (Å²) < 4.78 is 4.43. The molecule has 0 amide bonds. The van der Waals surface area contributed by atoms with Gasteiger partial charge in [0, 0.05) is 10.0 Å². The van der Waals surface area contributed by atoms with Crippen molar-refractivity contribution in [3.8, 4) is 0 Å². The highest BCUT2D eigenvalue weighted by Crippen LogP contribution is 2.27. The quantitative estimate of drug-likeness (QED) is 0.312. The van der Waals surface area contributed by atoms with Gasteiger partial charge in [-0.05, 0) is 48.5 Å². The molecule has 120 valence electrons. The molecule has 0 fully saturated rings. The van der Waals surface area contributed by atoms with E-state index in [0.29, 0.717) is 0 Å². The average molecular weight is 427 g/mol. The Morgan fingerprint density at radius 3 is 1.29 bits per heavy atom. The Morgan fingerprint density at radius 1 is 0.542 bits per heavy atom. The molecule has 0 aliphatic rings. The average Bonchev–Trinajstić information content (AvgIpc) is 3.16. The van der Waals surface area contributed by atoms with Crippen molar-refractivity contribution >= 4 is 85.3 Å². The summed E-state index contributed by atoms with van der Waals surface area (Å²) in [6, 6.07) is 15.1. The number of halogens is 2. The molecule has 0 aliphatic heterocycles. The third kappa shape index (κ3) is 3.49. The summed E-state index contributed by atoms with van der Waals surface area (Å²) in [6.45, 7) is 0. The molecule has 2 aromatic heterocycles. The van der Waals surface area contributed by atoms with E-state index >= 15 is 0 Å². The Labute approximate surface area is 162 Å². The van der Waals surface area contributed by atoms with Gasteiger partial charge in [0.1, 0.15) is 9.34 Å². The van der Waals surface area contributed by atoms with Gasteiger partial charge in [-0.2, -0.15) is 0 Å². The van der Waals surface area contributed by atoms with E-state index in [-0.39, 0.29) is 0 Å². The molecule has 0 saturated heterocycles. The number of hydrogen-bond acceptors (Lipinski definition) is 6. The monoisotopic (exact) mass is 426 g/mol. The first kappa shape index (κ1) is 16.4. The van der Waals surface area contributed by atoms with Gasteiger partial charge in [-0.1, -0.05) is 64.6 Å². The SMILES string of the molecule is Clc1ccc(N=c2ssc3c(=Nc4ccc(Cl)cc4)ssc23)cc1. The van der Waals surface area contributed by atoms with Crippen molar-refractivity contribution < 1.29 is 0 Å². The van der Waals surface area contributed by atoms with Crippen molar-refractivity contribution in [1.82, 2.24) is 0 Å². The first-order valence-corrected chi connectivity index (χ1v) is 11.9. The number of fused-ring (bicyclic) bond motifs is 1. The highest BCUT2D eigenvalue weighted by molar-refractivity contribution is 7.78. The van der Waals surface area contributed by atoms with E-state index in [1.165, 1.54) is 9.40 Å². The maximum absolute atomic E-state index is 5.92. The zero-order chi connectivity index (χ0) is 16.5. The molecule has 2 heterocycles. The molecular formula is C16H8Cl2N2S4. The lowest BCUT2D eigenvalue weighted by Gasteiger charge is -1.91. The molecule has 0 spiro atoms. The molecule has 0 bridgehead atoms. The topological polar surface area (TPSA) is 24.7 Å². The summed E-state index contributed by atoms with van der Waals surface area (Å²) in [4.78, 5) is 9.46. The summed E-state index contributed by atoms with van der Waals surface area (Å²) in [6.07, 6.45) is 0. The van der Waals surface area contributed by atoms with Gasteiger partial charge in [-0.3, -0.25) is 0 Å². The maximum atomic E-state index is 5.92. The van der Waals surface area contributed by atoms with Crippen LogP contribution in [0.3, 0.4) is 0 Å². The van der Waals surface area contributed by atoms with Crippen LogP contribution in [-0.2, 0) is 0 Å². The molecule has 0 unspecified atom stereocenters. The van der Waals surface area contributed by atoms with Gasteiger partial charge in [0.2, 0.25) is 0 Å². The molecule has 2 nitrogen and oxygen atoms in total. The van der Waals surface area contributed by atoms with Gasteiger partial charge in [-0.15, -0.1) is 0 Å². The zero-order valence-corrected chi connectivity index (χ0v) is 16.7. The van der Waals surface area contributed by atoms with E-state index in [4.69, 9.17) is 33.2 Å². The molecule has 2 aromatic carbocycles. The maximum Gasteiger partial charge on any atom is 0.146 e. The number of nitrogens with zero attached hydrogens (tertiary/aromatic N) is 2. The standard InChI is InChI=1S/C16H8Cl2N2S4/c17-9-1-5-11(6-2-9)19-15-13-14(22-23-15)16(24-21-13)20-12-7-3-10(18)4-8-12/h1-8H. The Balaban J connectivity index is 1.80. The number of hydrogen-bond donors (Lipinski definition) is 0. The largest absolute Gasteiger partial charge is 0.236 e. The second-order valence-corrected chi connectivity index (χ2v) is 9.91. The Morgan fingerprint density at radius 2 is 0.917 bits per heavy atom. The third-order valence-electron chi connectivity index (χ3n) is 3.12. The molecule has 24 heavy (non-hydrogen) atoms. The van der Waals surface area contributed by atoms with Crippen LogP contribution >= 0.6 is 64.6 Å². The van der Waals surface area contributed by atoms with Crippen LogP contribution in [0.2, 0.25) is 10.0 Å². The third-order valence-corrected chi connectivity index (χ3v) is 8.66. The van der Waals surface area contributed by atoms with Gasteiger partial charge in [0.15, 0.2) is 0 Å². The molecule has 8 heteroatoms. The fraction of sp³-hybridized carbons (Fsp3) is 0. The van der Waals surface area contributed by atoms with Crippen LogP contribution < -0.4 is 9.34 Å². The van der Waals surface area contributed by atoms with Crippen molar-refractivity contribution in [2.75, 3.05) is 0 Å². The Hall–Kier alpha value is -1.02. The molecular weight excluding hydrogens is 419 g/mol. The van der Waals surface area contributed by atoms with E-state index in [0.717, 1.165) is 30.8 Å². The smallest absolute Gasteiger partial charge is 0.146 e. The molecule has 0 atom stereocenters. The zero-order valence-electron chi connectivity index (χ0n) is 11.9. The van der Waals surface area contributed by atoms with Crippen LogP contribution in [0.4, 0.5) is 11.4 Å². The van der Waals surface area contributed by atoms with Gasteiger partial charge >= 0.3 is 0 Å². The Kier molecular flexibility index (Phi) is 4.85. The predicted molar refractivity (Wildman–Crippen MR) is 109 cm³/mol. The van der Waals surface area contributed by atoms with E-state index in [1.54, 1.807) is 41.4 Å². The van der Waals surface area contributed by atoms with Gasteiger partial charge in [0.05, 0.1) is 20.8 Å². The van der Waals surface area contributed by atoms with Gasteiger partial charge in [0.25, 0.3) is 0 Å². The molecule has 0 aliphatic carbocycles. The predicted octanol–water partition coefficient (Wildman–Crippen LogP) is 6.86. The molecule has 0 N–H and O–H groups in total. The Bertz CT molecular complexity index is 1020. The summed E-state index contributed by atoms with van der Waals surface area (Å²) in [5.74, 6) is 0.